The van der Waals surface area contributed by atoms with E-state index in [-0.39, 0.29) is 12.2 Å². The molecule has 0 saturated carbocycles. The second-order valence-corrected chi connectivity index (χ2v) is 7.03. The Kier molecular flexibility index (Phi) is 10.1. The molecule has 0 fully saturated rings. The predicted octanol–water partition coefficient (Wildman–Crippen LogP) is -3.31. The summed E-state index contributed by atoms with van der Waals surface area (Å²) in [7, 11) is 0. The van der Waals surface area contributed by atoms with E-state index in [1.807, 2.05) is 0 Å². The van der Waals surface area contributed by atoms with Crippen LogP contribution in [0.2, 0.25) is 0 Å². The molecule has 0 saturated heterocycles. The Morgan fingerprint density at radius 2 is 1.41 bits per heavy atom. The summed E-state index contributed by atoms with van der Waals surface area (Å²) in [5.74, 6) is -5.07. The fraction of sp³-hybridized carbons (Fsp3) is 0.421. The standard InChI is InChI=1S/C19H27N5O8/c1-9(20)16(28)22-12(7-15(21)27)17(29)24-14(8-25)18(30)23-13(19(31)32)6-10-2-4-11(26)5-3-10/h2-5,9,12-14,25-26H,6-8,20H2,1H3,(H2,21,27)(H,22,28)(H,23,30)(H,24,29)(H,31,32). The maximum Gasteiger partial charge on any atom is 0.326 e. The first-order valence-corrected chi connectivity index (χ1v) is 9.51. The molecule has 4 unspecified atom stereocenters. The van der Waals surface area contributed by atoms with Crippen molar-refractivity contribution in [2.45, 2.75) is 43.9 Å². The quantitative estimate of drug-likeness (QED) is 0.158. The highest BCUT2D eigenvalue weighted by Crippen LogP contribution is 2.11. The molecule has 0 aliphatic carbocycles. The maximum atomic E-state index is 12.5. The number of phenolic OH excluding ortho intramolecular Hbond substituents is 1. The topological polar surface area (TPSA) is 234 Å². The zero-order chi connectivity index (χ0) is 24.4. The highest BCUT2D eigenvalue weighted by molar-refractivity contribution is 5.96. The number of aromatic hydroxyl groups is 1. The molecular formula is C19H27N5O8. The summed E-state index contributed by atoms with van der Waals surface area (Å²) in [6.45, 7) is 0.451. The summed E-state index contributed by atoms with van der Waals surface area (Å²) < 4.78 is 0. The van der Waals surface area contributed by atoms with Crippen molar-refractivity contribution >= 4 is 29.6 Å². The Morgan fingerprint density at radius 3 is 1.88 bits per heavy atom. The van der Waals surface area contributed by atoms with E-state index >= 15 is 0 Å². The molecule has 32 heavy (non-hydrogen) atoms. The van der Waals surface area contributed by atoms with E-state index in [1.54, 1.807) is 0 Å². The largest absolute Gasteiger partial charge is 0.508 e. The van der Waals surface area contributed by atoms with Gasteiger partial charge in [0.25, 0.3) is 0 Å². The highest BCUT2D eigenvalue weighted by atomic mass is 16.4. The number of carbonyl (C=O) groups excluding carboxylic acids is 4. The first kappa shape index (κ1) is 26.3. The molecule has 0 heterocycles. The number of aliphatic carboxylic acids is 1. The molecule has 0 bridgehead atoms. The van der Waals surface area contributed by atoms with Gasteiger partial charge in [-0.25, -0.2) is 4.79 Å². The van der Waals surface area contributed by atoms with Crippen molar-refractivity contribution in [2.75, 3.05) is 6.61 Å². The Balaban J connectivity index is 2.87. The molecule has 1 rings (SSSR count). The van der Waals surface area contributed by atoms with E-state index in [0.717, 1.165) is 0 Å². The summed E-state index contributed by atoms with van der Waals surface area (Å²) in [6, 6.07) is 0.205. The van der Waals surface area contributed by atoms with Gasteiger partial charge >= 0.3 is 5.97 Å². The number of hydrogen-bond donors (Lipinski definition) is 8. The first-order valence-electron chi connectivity index (χ1n) is 9.51. The fourth-order valence-electron chi connectivity index (χ4n) is 2.52. The van der Waals surface area contributed by atoms with Crippen molar-refractivity contribution in [2.24, 2.45) is 11.5 Å². The number of carboxylic acids is 1. The van der Waals surface area contributed by atoms with E-state index in [9.17, 15) is 39.3 Å². The molecule has 13 heteroatoms. The van der Waals surface area contributed by atoms with Gasteiger partial charge in [-0.15, -0.1) is 0 Å². The number of carbonyl (C=O) groups is 5. The molecule has 0 aliphatic rings. The van der Waals surface area contributed by atoms with Crippen LogP contribution < -0.4 is 27.4 Å². The smallest absolute Gasteiger partial charge is 0.326 e. The number of amides is 4. The average Bonchev–Trinajstić information content (AvgIpc) is 2.71. The third kappa shape index (κ3) is 8.57. The van der Waals surface area contributed by atoms with Gasteiger partial charge in [0.1, 0.15) is 23.9 Å². The minimum absolute atomic E-state index is 0.0191. The third-order valence-electron chi connectivity index (χ3n) is 4.26. The van der Waals surface area contributed by atoms with Crippen molar-refractivity contribution < 1.29 is 39.3 Å². The molecule has 10 N–H and O–H groups in total. The molecule has 1 aromatic carbocycles. The molecule has 0 aromatic heterocycles. The van der Waals surface area contributed by atoms with Gasteiger partial charge in [0.2, 0.25) is 23.6 Å². The lowest BCUT2D eigenvalue weighted by molar-refractivity contribution is -0.142. The van der Waals surface area contributed by atoms with E-state index < -0.39 is 66.8 Å². The van der Waals surface area contributed by atoms with Crippen LogP contribution in [0.5, 0.6) is 5.75 Å². The van der Waals surface area contributed by atoms with Crippen LogP contribution in [0.1, 0.15) is 18.9 Å². The van der Waals surface area contributed by atoms with Crippen LogP contribution in [0.3, 0.4) is 0 Å². The Morgan fingerprint density at radius 1 is 0.906 bits per heavy atom. The highest BCUT2D eigenvalue weighted by Gasteiger charge is 2.30. The molecule has 0 aliphatic heterocycles. The minimum atomic E-state index is -1.58. The van der Waals surface area contributed by atoms with Crippen LogP contribution in [0.15, 0.2) is 24.3 Å². The summed E-state index contributed by atoms with van der Waals surface area (Å²) in [6.07, 6.45) is -0.731. The molecule has 0 radical (unpaired) electrons. The molecule has 176 valence electrons. The van der Waals surface area contributed by atoms with E-state index in [2.05, 4.69) is 16.0 Å². The lowest BCUT2D eigenvalue weighted by Crippen LogP contribution is -2.58. The Labute approximate surface area is 183 Å². The Bertz CT molecular complexity index is 843. The van der Waals surface area contributed by atoms with Crippen molar-refractivity contribution in [3.8, 4) is 5.75 Å². The van der Waals surface area contributed by atoms with Crippen molar-refractivity contribution in [3.63, 3.8) is 0 Å². The number of nitrogens with two attached hydrogens (primary N) is 2. The number of aliphatic hydroxyl groups excluding tert-OH is 1. The molecular weight excluding hydrogens is 426 g/mol. The molecule has 13 nitrogen and oxygen atoms in total. The lowest BCUT2D eigenvalue weighted by atomic mass is 10.1. The number of hydrogen-bond acceptors (Lipinski definition) is 8. The predicted molar refractivity (Wildman–Crippen MR) is 110 cm³/mol. The molecule has 4 atom stereocenters. The van der Waals surface area contributed by atoms with E-state index in [4.69, 9.17) is 11.5 Å². The number of carboxylic acid groups (broad SMARTS) is 1. The number of nitrogens with one attached hydrogen (secondary N) is 3. The van der Waals surface area contributed by atoms with Crippen LogP contribution in [-0.4, -0.2) is 75.7 Å². The van der Waals surface area contributed by atoms with Crippen LogP contribution in [0.25, 0.3) is 0 Å². The van der Waals surface area contributed by atoms with Gasteiger partial charge in [-0.1, -0.05) is 12.1 Å². The second-order valence-electron chi connectivity index (χ2n) is 7.03. The van der Waals surface area contributed by atoms with Crippen molar-refractivity contribution in [1.82, 2.24) is 16.0 Å². The summed E-state index contributed by atoms with van der Waals surface area (Å²) >= 11 is 0. The van der Waals surface area contributed by atoms with Crippen molar-refractivity contribution in [1.29, 1.82) is 0 Å². The summed E-state index contributed by atoms with van der Waals surface area (Å²) in [5.41, 5.74) is 11.0. The summed E-state index contributed by atoms with van der Waals surface area (Å²) in [4.78, 5) is 59.4. The summed E-state index contributed by atoms with van der Waals surface area (Å²) in [5, 5.41) is 34.7. The van der Waals surface area contributed by atoms with Gasteiger partial charge in [-0.3, -0.25) is 19.2 Å². The molecule has 4 amide bonds. The lowest BCUT2D eigenvalue weighted by Gasteiger charge is -2.23. The van der Waals surface area contributed by atoms with E-state index in [1.165, 1.54) is 31.2 Å². The third-order valence-corrected chi connectivity index (χ3v) is 4.26. The Hall–Kier alpha value is -3.71. The van der Waals surface area contributed by atoms with E-state index in [0.29, 0.717) is 5.56 Å². The average molecular weight is 453 g/mol. The second kappa shape index (κ2) is 12.2. The van der Waals surface area contributed by atoms with Gasteiger partial charge in [0, 0.05) is 6.42 Å². The van der Waals surface area contributed by atoms with Crippen molar-refractivity contribution in [3.05, 3.63) is 29.8 Å². The fourth-order valence-corrected chi connectivity index (χ4v) is 2.52. The number of primary amides is 1. The monoisotopic (exact) mass is 453 g/mol. The molecule has 1 aromatic rings. The maximum absolute atomic E-state index is 12.5. The number of benzene rings is 1. The minimum Gasteiger partial charge on any atom is -0.508 e. The van der Waals surface area contributed by atoms with Crippen LogP contribution in [-0.2, 0) is 30.4 Å². The van der Waals surface area contributed by atoms with Crippen LogP contribution in [0.4, 0.5) is 0 Å². The van der Waals surface area contributed by atoms with Crippen LogP contribution in [0, 0.1) is 0 Å². The number of phenols is 1. The van der Waals surface area contributed by atoms with Gasteiger partial charge in [-0.2, -0.15) is 0 Å². The molecule has 0 spiro atoms. The zero-order valence-corrected chi connectivity index (χ0v) is 17.3. The number of aliphatic hydroxyl groups is 1. The SMILES string of the molecule is CC(N)C(=O)NC(CC(N)=O)C(=O)NC(CO)C(=O)NC(Cc1ccc(O)cc1)C(=O)O. The van der Waals surface area contributed by atoms with Gasteiger partial charge in [-0.05, 0) is 24.6 Å². The zero-order valence-electron chi connectivity index (χ0n) is 17.3. The number of rotatable bonds is 12. The van der Waals surface area contributed by atoms with Gasteiger partial charge in [0.05, 0.1) is 19.1 Å². The first-order chi connectivity index (χ1) is 14.9. The van der Waals surface area contributed by atoms with Gasteiger partial charge in [0.15, 0.2) is 0 Å². The van der Waals surface area contributed by atoms with Crippen LogP contribution >= 0.6 is 0 Å². The van der Waals surface area contributed by atoms with Gasteiger partial charge < -0.3 is 42.7 Å². The normalized spacial score (nSPS) is 14.3.